The van der Waals surface area contributed by atoms with Gasteiger partial charge in [0.25, 0.3) is 11.8 Å². The molecule has 0 saturated carbocycles. The number of rotatable bonds is 5. The summed E-state index contributed by atoms with van der Waals surface area (Å²) < 4.78 is 0. The van der Waals surface area contributed by atoms with Gasteiger partial charge in [0.15, 0.2) is 0 Å². The van der Waals surface area contributed by atoms with Crippen LogP contribution in [0.2, 0.25) is 0 Å². The van der Waals surface area contributed by atoms with Crippen LogP contribution in [0.3, 0.4) is 0 Å². The number of benzene rings is 2. The van der Waals surface area contributed by atoms with Gasteiger partial charge in [0, 0.05) is 16.5 Å². The fourth-order valence-corrected chi connectivity index (χ4v) is 3.19. The first-order valence-corrected chi connectivity index (χ1v) is 7.91. The van der Waals surface area contributed by atoms with Crippen molar-refractivity contribution in [3.8, 4) is 0 Å². The number of carbonyl (C=O) groups excluding carboxylic acids is 2. The maximum atomic E-state index is 12.8. The summed E-state index contributed by atoms with van der Waals surface area (Å²) in [5.74, 6) is -0.631. The molecule has 3 rings (SSSR count). The van der Waals surface area contributed by atoms with Gasteiger partial charge in [-0.3, -0.25) is 14.5 Å². The number of nitrogens with two attached hydrogens (primary N) is 2. The fourth-order valence-electron chi connectivity index (χ4n) is 3.19. The Morgan fingerprint density at radius 3 is 2.13 bits per heavy atom. The number of imide groups is 1. The Morgan fingerprint density at radius 1 is 1.04 bits per heavy atom. The van der Waals surface area contributed by atoms with Crippen LogP contribution in [0.4, 0.5) is 0 Å². The Labute approximate surface area is 135 Å². The summed E-state index contributed by atoms with van der Waals surface area (Å²) in [5, 5.41) is 1.62. The minimum Gasteiger partial charge on any atom is -0.330 e. The topological polar surface area (TPSA) is 89.4 Å². The van der Waals surface area contributed by atoms with Crippen LogP contribution in [0.5, 0.6) is 0 Å². The maximum absolute atomic E-state index is 12.8. The standard InChI is InChI=1S/C18H21N3O2/c1-11(5-4-10-19)16(20)21-17(22)13-8-2-6-12-7-3-9-14(15(12)13)18(21)23/h2-3,6-9,11,16H,4-5,10,19-20H2,1H3. The van der Waals surface area contributed by atoms with Crippen LogP contribution in [-0.2, 0) is 0 Å². The molecule has 0 bridgehead atoms. The lowest BCUT2D eigenvalue weighted by molar-refractivity contribution is 0.0488. The molecule has 0 aliphatic carbocycles. The summed E-state index contributed by atoms with van der Waals surface area (Å²) >= 11 is 0. The Balaban J connectivity index is 2.03. The van der Waals surface area contributed by atoms with Crippen LogP contribution in [0.15, 0.2) is 36.4 Å². The highest BCUT2D eigenvalue weighted by Crippen LogP contribution is 2.31. The van der Waals surface area contributed by atoms with E-state index in [2.05, 4.69) is 0 Å². The molecule has 0 aromatic heterocycles. The molecule has 5 nitrogen and oxygen atoms in total. The third kappa shape index (κ3) is 2.52. The number of hydrogen-bond acceptors (Lipinski definition) is 4. The van der Waals surface area contributed by atoms with Gasteiger partial charge >= 0.3 is 0 Å². The van der Waals surface area contributed by atoms with E-state index in [1.807, 2.05) is 31.2 Å². The normalized spacial score (nSPS) is 16.7. The molecule has 0 spiro atoms. The first-order valence-electron chi connectivity index (χ1n) is 7.91. The van der Waals surface area contributed by atoms with Crippen molar-refractivity contribution in [2.75, 3.05) is 6.54 Å². The first kappa shape index (κ1) is 15.6. The van der Waals surface area contributed by atoms with E-state index in [0.29, 0.717) is 17.7 Å². The van der Waals surface area contributed by atoms with E-state index in [1.165, 1.54) is 4.90 Å². The highest BCUT2D eigenvalue weighted by Gasteiger charge is 2.37. The van der Waals surface area contributed by atoms with E-state index >= 15 is 0 Å². The number of hydrogen-bond donors (Lipinski definition) is 2. The van der Waals surface area contributed by atoms with Crippen molar-refractivity contribution in [1.29, 1.82) is 0 Å². The van der Waals surface area contributed by atoms with Gasteiger partial charge in [0.2, 0.25) is 0 Å². The molecule has 1 aliphatic heterocycles. The predicted molar refractivity (Wildman–Crippen MR) is 89.9 cm³/mol. The van der Waals surface area contributed by atoms with Crippen molar-refractivity contribution in [3.05, 3.63) is 47.5 Å². The summed E-state index contributed by atoms with van der Waals surface area (Å²) in [7, 11) is 0. The van der Waals surface area contributed by atoms with Crippen molar-refractivity contribution in [2.45, 2.75) is 25.9 Å². The fraction of sp³-hybridized carbons (Fsp3) is 0.333. The van der Waals surface area contributed by atoms with Gasteiger partial charge in [0.1, 0.15) is 0 Å². The average Bonchev–Trinajstić information content (AvgIpc) is 2.57. The summed E-state index contributed by atoms with van der Waals surface area (Å²) in [6.45, 7) is 2.52. The summed E-state index contributed by atoms with van der Waals surface area (Å²) in [6, 6.07) is 11.0. The van der Waals surface area contributed by atoms with Crippen molar-refractivity contribution in [2.24, 2.45) is 17.4 Å². The van der Waals surface area contributed by atoms with Crippen LogP contribution < -0.4 is 11.5 Å². The van der Waals surface area contributed by atoms with Crippen LogP contribution in [0.1, 0.15) is 40.5 Å². The molecule has 0 radical (unpaired) electrons. The average molecular weight is 311 g/mol. The summed E-state index contributed by atoms with van der Waals surface area (Å²) in [4.78, 5) is 26.9. The van der Waals surface area contributed by atoms with Gasteiger partial charge in [0.05, 0.1) is 6.17 Å². The molecule has 0 fully saturated rings. The largest absolute Gasteiger partial charge is 0.330 e. The van der Waals surface area contributed by atoms with Crippen LogP contribution in [0, 0.1) is 5.92 Å². The van der Waals surface area contributed by atoms with Gasteiger partial charge in [-0.1, -0.05) is 31.2 Å². The summed E-state index contributed by atoms with van der Waals surface area (Å²) in [5.41, 5.74) is 12.9. The zero-order chi connectivity index (χ0) is 16.6. The quantitative estimate of drug-likeness (QED) is 0.827. The van der Waals surface area contributed by atoms with Crippen molar-refractivity contribution >= 4 is 22.6 Å². The highest BCUT2D eigenvalue weighted by molar-refractivity contribution is 6.25. The lowest BCUT2D eigenvalue weighted by atomic mass is 9.92. The maximum Gasteiger partial charge on any atom is 0.262 e. The molecule has 1 heterocycles. The zero-order valence-corrected chi connectivity index (χ0v) is 13.2. The number of nitrogens with zero attached hydrogens (tertiary/aromatic N) is 1. The number of amides is 2. The molecule has 120 valence electrons. The third-order valence-corrected chi connectivity index (χ3v) is 4.55. The summed E-state index contributed by atoms with van der Waals surface area (Å²) in [6.07, 6.45) is 0.947. The first-order chi connectivity index (χ1) is 11.1. The van der Waals surface area contributed by atoms with E-state index < -0.39 is 6.17 Å². The second kappa shape index (κ2) is 6.10. The zero-order valence-electron chi connectivity index (χ0n) is 13.2. The smallest absolute Gasteiger partial charge is 0.262 e. The van der Waals surface area contributed by atoms with Crippen molar-refractivity contribution < 1.29 is 9.59 Å². The van der Waals surface area contributed by atoms with E-state index in [1.54, 1.807) is 12.1 Å². The molecule has 2 unspecified atom stereocenters. The van der Waals surface area contributed by atoms with Crippen molar-refractivity contribution in [3.63, 3.8) is 0 Å². The Hall–Kier alpha value is -2.24. The molecule has 2 aromatic carbocycles. The predicted octanol–water partition coefficient (Wildman–Crippen LogP) is 2.10. The molecule has 5 heteroatoms. The molecular weight excluding hydrogens is 290 g/mol. The molecule has 2 aromatic rings. The third-order valence-electron chi connectivity index (χ3n) is 4.55. The SMILES string of the molecule is CC(CCCN)C(N)N1C(=O)c2cccc3cccc(c23)C1=O. The van der Waals surface area contributed by atoms with E-state index in [0.717, 1.165) is 23.6 Å². The van der Waals surface area contributed by atoms with Crippen molar-refractivity contribution in [1.82, 2.24) is 4.90 Å². The lowest BCUT2D eigenvalue weighted by Crippen LogP contribution is -2.54. The van der Waals surface area contributed by atoms with Crippen LogP contribution >= 0.6 is 0 Å². The second-order valence-electron chi connectivity index (χ2n) is 6.09. The lowest BCUT2D eigenvalue weighted by Gasteiger charge is -2.34. The highest BCUT2D eigenvalue weighted by atomic mass is 16.2. The Kier molecular flexibility index (Phi) is 4.15. The number of carbonyl (C=O) groups is 2. The molecule has 23 heavy (non-hydrogen) atoms. The molecular formula is C18H21N3O2. The van der Waals surface area contributed by atoms with Crippen LogP contribution in [-0.4, -0.2) is 29.4 Å². The minimum absolute atomic E-state index is 0.00378. The van der Waals surface area contributed by atoms with Gasteiger partial charge in [-0.05, 0) is 42.8 Å². The monoisotopic (exact) mass is 311 g/mol. The minimum atomic E-state index is -0.648. The van der Waals surface area contributed by atoms with Gasteiger partial charge in [-0.2, -0.15) is 0 Å². The molecule has 2 amide bonds. The van der Waals surface area contributed by atoms with E-state index in [-0.39, 0.29) is 17.7 Å². The Bertz CT molecular complexity index is 721. The van der Waals surface area contributed by atoms with Gasteiger partial charge in [-0.25, -0.2) is 0 Å². The second-order valence-corrected chi connectivity index (χ2v) is 6.09. The Morgan fingerprint density at radius 2 is 1.61 bits per heavy atom. The van der Waals surface area contributed by atoms with E-state index in [4.69, 9.17) is 11.5 Å². The molecule has 1 aliphatic rings. The molecule has 2 atom stereocenters. The van der Waals surface area contributed by atoms with Crippen LogP contribution in [0.25, 0.3) is 10.8 Å². The van der Waals surface area contributed by atoms with Gasteiger partial charge in [-0.15, -0.1) is 0 Å². The van der Waals surface area contributed by atoms with Gasteiger partial charge < -0.3 is 11.5 Å². The van der Waals surface area contributed by atoms with E-state index in [9.17, 15) is 9.59 Å². The molecule has 4 N–H and O–H groups in total. The molecule has 0 saturated heterocycles.